The third-order valence-electron chi connectivity index (χ3n) is 2.80. The van der Waals surface area contributed by atoms with Gasteiger partial charge in [0.05, 0.1) is 11.8 Å². The molecule has 2 N–H and O–H groups in total. The van der Waals surface area contributed by atoms with Gasteiger partial charge in [-0.05, 0) is 38.8 Å². The van der Waals surface area contributed by atoms with Crippen LogP contribution in [0.4, 0.5) is 0 Å². The zero-order chi connectivity index (χ0) is 17.7. The van der Waals surface area contributed by atoms with E-state index < -0.39 is 0 Å². The SMILES string of the molecule is C#CCO.CC.Cc1oc(-c2ccccc2)nc1CCC(C)O. The molecular weight excluding hydrogens is 290 g/mol. The molecule has 0 saturated heterocycles. The molecule has 23 heavy (non-hydrogen) atoms. The second-order valence-electron chi connectivity index (χ2n) is 4.64. The van der Waals surface area contributed by atoms with Crippen molar-refractivity contribution in [2.24, 2.45) is 0 Å². The zero-order valence-corrected chi connectivity index (χ0v) is 14.4. The van der Waals surface area contributed by atoms with Crippen LogP contribution in [0.25, 0.3) is 11.5 Å². The molecule has 0 radical (unpaired) electrons. The maximum atomic E-state index is 9.27. The molecule has 0 bridgehead atoms. The van der Waals surface area contributed by atoms with Crippen LogP contribution in [0.1, 0.15) is 38.6 Å². The van der Waals surface area contributed by atoms with E-state index in [0.29, 0.717) is 12.3 Å². The molecule has 0 saturated carbocycles. The number of aliphatic hydroxyl groups excluding tert-OH is 2. The molecule has 1 aromatic carbocycles. The molecule has 2 rings (SSSR count). The third-order valence-corrected chi connectivity index (χ3v) is 2.80. The van der Waals surface area contributed by atoms with Crippen molar-refractivity contribution in [2.75, 3.05) is 6.61 Å². The largest absolute Gasteiger partial charge is 0.441 e. The van der Waals surface area contributed by atoms with E-state index in [4.69, 9.17) is 9.52 Å². The molecule has 126 valence electrons. The zero-order valence-electron chi connectivity index (χ0n) is 14.4. The fraction of sp³-hybridized carbons (Fsp3) is 0.421. The van der Waals surface area contributed by atoms with Gasteiger partial charge in [-0.15, -0.1) is 6.42 Å². The lowest BCUT2D eigenvalue weighted by Gasteiger charge is -2.00. The Morgan fingerprint density at radius 2 is 1.83 bits per heavy atom. The summed E-state index contributed by atoms with van der Waals surface area (Å²) >= 11 is 0. The number of oxazole rings is 1. The van der Waals surface area contributed by atoms with E-state index in [9.17, 15) is 5.11 Å². The Kier molecular flexibility index (Phi) is 11.3. The van der Waals surface area contributed by atoms with Crippen LogP contribution in [0.2, 0.25) is 0 Å². The van der Waals surface area contributed by atoms with Crippen LogP contribution in [0.5, 0.6) is 0 Å². The van der Waals surface area contributed by atoms with Gasteiger partial charge in [-0.3, -0.25) is 0 Å². The molecule has 0 fully saturated rings. The summed E-state index contributed by atoms with van der Waals surface area (Å²) in [5.41, 5.74) is 1.92. The molecular formula is C19H27NO3. The van der Waals surface area contributed by atoms with Crippen molar-refractivity contribution in [2.45, 2.75) is 46.6 Å². The predicted molar refractivity (Wildman–Crippen MR) is 93.9 cm³/mol. The average Bonchev–Trinajstić information content (AvgIpc) is 2.97. The highest BCUT2D eigenvalue weighted by atomic mass is 16.4. The van der Waals surface area contributed by atoms with E-state index in [1.807, 2.05) is 57.0 Å². The smallest absolute Gasteiger partial charge is 0.226 e. The summed E-state index contributed by atoms with van der Waals surface area (Å²) in [4.78, 5) is 4.47. The van der Waals surface area contributed by atoms with Gasteiger partial charge in [-0.1, -0.05) is 38.0 Å². The van der Waals surface area contributed by atoms with Crippen molar-refractivity contribution >= 4 is 0 Å². The minimum Gasteiger partial charge on any atom is -0.441 e. The van der Waals surface area contributed by atoms with Crippen molar-refractivity contribution in [1.29, 1.82) is 0 Å². The number of aromatic nitrogens is 1. The van der Waals surface area contributed by atoms with Gasteiger partial charge >= 0.3 is 0 Å². The second kappa shape index (κ2) is 12.5. The minimum absolute atomic E-state index is 0.153. The van der Waals surface area contributed by atoms with Crippen LogP contribution >= 0.6 is 0 Å². The standard InChI is InChI=1S/C14H17NO2.C3H4O.C2H6/c1-10(16)8-9-13-11(2)17-14(15-13)12-6-4-3-5-7-12;1-2-3-4;1-2/h3-7,10,16H,8-9H2,1-2H3;1,4H,3H2;1-2H3. The van der Waals surface area contributed by atoms with Crippen molar-refractivity contribution in [3.8, 4) is 23.8 Å². The van der Waals surface area contributed by atoms with Gasteiger partial charge in [0.15, 0.2) is 0 Å². The van der Waals surface area contributed by atoms with Gasteiger partial charge in [-0.25, -0.2) is 4.98 Å². The average molecular weight is 317 g/mol. The van der Waals surface area contributed by atoms with Crippen molar-refractivity contribution in [1.82, 2.24) is 4.98 Å². The number of terminal acetylenes is 1. The molecule has 0 spiro atoms. The van der Waals surface area contributed by atoms with Crippen LogP contribution in [0.3, 0.4) is 0 Å². The first-order valence-corrected chi connectivity index (χ1v) is 7.82. The highest BCUT2D eigenvalue weighted by Gasteiger charge is 2.11. The number of hydrogen-bond donors (Lipinski definition) is 2. The van der Waals surface area contributed by atoms with E-state index in [1.54, 1.807) is 6.92 Å². The van der Waals surface area contributed by atoms with Crippen molar-refractivity contribution in [3.63, 3.8) is 0 Å². The molecule has 0 aliphatic carbocycles. The first-order valence-electron chi connectivity index (χ1n) is 7.82. The molecule has 4 heteroatoms. The minimum atomic E-state index is -0.300. The molecule has 1 atom stereocenters. The van der Waals surface area contributed by atoms with Gasteiger partial charge in [0, 0.05) is 5.56 Å². The summed E-state index contributed by atoms with van der Waals surface area (Å²) in [5.74, 6) is 3.48. The number of rotatable bonds is 4. The van der Waals surface area contributed by atoms with E-state index in [-0.39, 0.29) is 12.7 Å². The van der Waals surface area contributed by atoms with Gasteiger partial charge in [0.1, 0.15) is 12.4 Å². The Hall–Kier alpha value is -2.09. The molecule has 1 unspecified atom stereocenters. The van der Waals surface area contributed by atoms with E-state index >= 15 is 0 Å². The number of nitrogens with zero attached hydrogens (tertiary/aromatic N) is 1. The number of aryl methyl sites for hydroxylation is 2. The normalized spacial score (nSPS) is 10.5. The summed E-state index contributed by atoms with van der Waals surface area (Å²) < 4.78 is 5.64. The lowest BCUT2D eigenvalue weighted by Crippen LogP contribution is -2.02. The Morgan fingerprint density at radius 1 is 1.26 bits per heavy atom. The fourth-order valence-electron chi connectivity index (χ4n) is 1.71. The summed E-state index contributed by atoms with van der Waals surface area (Å²) in [5, 5.41) is 16.9. The van der Waals surface area contributed by atoms with Crippen molar-refractivity contribution < 1.29 is 14.6 Å². The lowest BCUT2D eigenvalue weighted by molar-refractivity contribution is 0.184. The molecule has 1 heterocycles. The predicted octanol–water partition coefficient (Wildman–Crippen LogP) is 3.60. The van der Waals surface area contributed by atoms with Crippen LogP contribution in [0.15, 0.2) is 34.7 Å². The lowest BCUT2D eigenvalue weighted by atomic mass is 10.1. The number of aliphatic hydroxyl groups is 2. The Bertz CT molecular complexity index is 568. The number of hydrogen-bond acceptors (Lipinski definition) is 4. The molecule has 4 nitrogen and oxygen atoms in total. The van der Waals surface area contributed by atoms with Gasteiger partial charge in [-0.2, -0.15) is 0 Å². The molecule has 1 aromatic heterocycles. The number of benzene rings is 1. The van der Waals surface area contributed by atoms with E-state index in [0.717, 1.165) is 23.4 Å². The topological polar surface area (TPSA) is 66.5 Å². The monoisotopic (exact) mass is 317 g/mol. The first-order chi connectivity index (χ1) is 11.1. The summed E-state index contributed by atoms with van der Waals surface area (Å²) in [7, 11) is 0. The van der Waals surface area contributed by atoms with Gasteiger partial charge in [0.25, 0.3) is 0 Å². The third kappa shape index (κ3) is 8.20. The summed E-state index contributed by atoms with van der Waals surface area (Å²) in [6.45, 7) is 7.55. The maximum absolute atomic E-state index is 9.27. The van der Waals surface area contributed by atoms with Crippen LogP contribution < -0.4 is 0 Å². The summed E-state index contributed by atoms with van der Waals surface area (Å²) in [6, 6.07) is 9.84. The van der Waals surface area contributed by atoms with Crippen LogP contribution in [-0.2, 0) is 6.42 Å². The maximum Gasteiger partial charge on any atom is 0.226 e. The first kappa shape index (κ1) is 20.9. The van der Waals surface area contributed by atoms with E-state index in [2.05, 4.69) is 11.4 Å². The van der Waals surface area contributed by atoms with Crippen LogP contribution in [0, 0.1) is 19.3 Å². The molecule has 0 aliphatic rings. The summed E-state index contributed by atoms with van der Waals surface area (Å²) in [6.07, 6.45) is 5.69. The van der Waals surface area contributed by atoms with Crippen molar-refractivity contribution in [3.05, 3.63) is 41.8 Å². The molecule has 0 amide bonds. The fourth-order valence-corrected chi connectivity index (χ4v) is 1.71. The van der Waals surface area contributed by atoms with Crippen LogP contribution in [-0.4, -0.2) is 27.9 Å². The molecule has 2 aromatic rings. The Balaban J connectivity index is 0.000000705. The quantitative estimate of drug-likeness (QED) is 0.846. The second-order valence-corrected chi connectivity index (χ2v) is 4.64. The highest BCUT2D eigenvalue weighted by Crippen LogP contribution is 2.22. The highest BCUT2D eigenvalue weighted by molar-refractivity contribution is 5.53. The van der Waals surface area contributed by atoms with E-state index in [1.165, 1.54) is 0 Å². The molecule has 0 aliphatic heterocycles. The van der Waals surface area contributed by atoms with Gasteiger partial charge < -0.3 is 14.6 Å². The Morgan fingerprint density at radius 3 is 2.30 bits per heavy atom. The Labute approximate surface area is 139 Å². The van der Waals surface area contributed by atoms with Gasteiger partial charge in [0.2, 0.25) is 5.89 Å².